The van der Waals surface area contributed by atoms with Crippen molar-refractivity contribution in [1.82, 2.24) is 4.98 Å². The van der Waals surface area contributed by atoms with Crippen LogP contribution in [0.15, 0.2) is 67.4 Å². The minimum Gasteiger partial charge on any atom is -0.451 e. The van der Waals surface area contributed by atoms with Gasteiger partial charge in [-0.2, -0.15) is 4.98 Å². The number of nitrogens with zero attached hydrogens (tertiary/aromatic N) is 1. The van der Waals surface area contributed by atoms with Crippen LogP contribution in [0.4, 0.5) is 0 Å². The number of ketones is 2. The summed E-state index contributed by atoms with van der Waals surface area (Å²) in [6.07, 6.45) is 1.37. The van der Waals surface area contributed by atoms with E-state index < -0.39 is 11.6 Å². The number of Topliss-reactive ketones (excluding diaryl/α,β-unsaturated/α-hetero) is 2. The largest absolute Gasteiger partial charge is 0.451 e. The number of benzene rings is 2. The van der Waals surface area contributed by atoms with Gasteiger partial charge in [0, 0.05) is 22.6 Å². The highest BCUT2D eigenvalue weighted by Crippen LogP contribution is 2.35. The first-order valence-electron chi connectivity index (χ1n) is 9.17. The van der Waals surface area contributed by atoms with E-state index in [1.165, 1.54) is 18.2 Å². The lowest BCUT2D eigenvalue weighted by atomic mass is 10.1. The maximum atomic E-state index is 12.7. The van der Waals surface area contributed by atoms with Crippen molar-refractivity contribution >= 4 is 63.1 Å². The molecular weight excluding hydrogens is 441 g/mol. The summed E-state index contributed by atoms with van der Waals surface area (Å²) in [6, 6.07) is 13.7. The third kappa shape index (κ3) is 2.76. The quantitative estimate of drug-likeness (QED) is 0.222. The normalized spacial score (nSPS) is 13.5. The zero-order valence-corrected chi connectivity index (χ0v) is 17.0. The number of para-hydroxylation sites is 1. The number of hydrogen-bond donors (Lipinski definition) is 0. The van der Waals surface area contributed by atoms with Crippen molar-refractivity contribution in [2.24, 2.45) is 0 Å². The van der Waals surface area contributed by atoms with E-state index in [0.717, 1.165) is 11.0 Å². The second kappa shape index (κ2) is 6.44. The first kappa shape index (κ1) is 18.2. The summed E-state index contributed by atoms with van der Waals surface area (Å²) in [5.41, 5.74) is 1.70. The van der Waals surface area contributed by atoms with Crippen LogP contribution >= 0.6 is 23.2 Å². The van der Waals surface area contributed by atoms with Crippen LogP contribution in [-0.2, 0) is 0 Å². The molecule has 2 aromatic carbocycles. The van der Waals surface area contributed by atoms with E-state index in [1.807, 2.05) is 30.3 Å². The number of carbonyl (C=O) groups is 2. The first-order chi connectivity index (χ1) is 15.0. The Balaban J connectivity index is 1.37. The van der Waals surface area contributed by atoms with Gasteiger partial charge in [-0.15, -0.1) is 0 Å². The molecule has 1 aliphatic rings. The van der Waals surface area contributed by atoms with Gasteiger partial charge < -0.3 is 13.3 Å². The maximum Gasteiger partial charge on any atom is 0.266 e. The Morgan fingerprint density at radius 3 is 2.19 bits per heavy atom. The van der Waals surface area contributed by atoms with Crippen LogP contribution in [0.1, 0.15) is 26.5 Å². The van der Waals surface area contributed by atoms with E-state index in [2.05, 4.69) is 4.98 Å². The molecule has 3 heterocycles. The van der Waals surface area contributed by atoms with Crippen molar-refractivity contribution in [3.63, 3.8) is 0 Å². The molecular formula is C23H9Cl2NO5. The van der Waals surface area contributed by atoms with Crippen molar-refractivity contribution in [2.75, 3.05) is 0 Å². The molecule has 0 saturated heterocycles. The fourth-order valence-corrected chi connectivity index (χ4v) is 3.93. The number of aromatic nitrogens is 1. The molecule has 8 heteroatoms. The Morgan fingerprint density at radius 1 is 0.806 bits per heavy atom. The standard InChI is InChI=1S/C23H9Cl2NO5/c24-15-8-12-13(9-16(15)25)21(28)14(20(12)27)6-11-7-19-22(29-11)26-23(31-19)18-5-10-3-1-2-4-17(10)30-18/h1-9H. The van der Waals surface area contributed by atoms with E-state index in [4.69, 9.17) is 36.5 Å². The molecule has 0 radical (unpaired) electrons. The molecule has 31 heavy (non-hydrogen) atoms. The zero-order valence-electron chi connectivity index (χ0n) is 15.4. The molecule has 6 rings (SSSR count). The molecule has 0 aliphatic heterocycles. The third-order valence-corrected chi connectivity index (χ3v) is 5.79. The third-order valence-electron chi connectivity index (χ3n) is 5.07. The predicted octanol–water partition coefficient (Wildman–Crippen LogP) is 6.60. The molecule has 0 fully saturated rings. The minimum absolute atomic E-state index is 0.0396. The summed E-state index contributed by atoms with van der Waals surface area (Å²) in [7, 11) is 0. The number of carbonyl (C=O) groups excluding carboxylic acids is 2. The summed E-state index contributed by atoms with van der Waals surface area (Å²) < 4.78 is 17.2. The van der Waals surface area contributed by atoms with Gasteiger partial charge in [-0.1, -0.05) is 41.4 Å². The van der Waals surface area contributed by atoms with Gasteiger partial charge in [0.25, 0.3) is 11.6 Å². The Morgan fingerprint density at radius 2 is 1.52 bits per heavy atom. The van der Waals surface area contributed by atoms with Gasteiger partial charge in [-0.05, 0) is 30.3 Å². The molecule has 1 aliphatic carbocycles. The smallest absolute Gasteiger partial charge is 0.266 e. The Hall–Kier alpha value is -3.61. The molecule has 0 atom stereocenters. The van der Waals surface area contributed by atoms with Crippen LogP contribution in [-0.4, -0.2) is 16.6 Å². The molecule has 0 N–H and O–H groups in total. The number of oxazole rings is 1. The molecule has 6 nitrogen and oxygen atoms in total. The first-order valence-corrected chi connectivity index (χ1v) is 9.93. The second-order valence-corrected chi connectivity index (χ2v) is 7.83. The fourth-order valence-electron chi connectivity index (χ4n) is 3.61. The van der Waals surface area contributed by atoms with Crippen LogP contribution < -0.4 is 0 Å². The molecule has 0 amide bonds. The topological polar surface area (TPSA) is 86.4 Å². The summed E-state index contributed by atoms with van der Waals surface area (Å²) >= 11 is 12.0. The SMILES string of the molecule is O=C1C(=Cc2cc3oc(-c4cc5ccccc5o4)nc3o2)C(=O)c2cc(Cl)c(Cl)cc21. The van der Waals surface area contributed by atoms with Gasteiger partial charge in [0.1, 0.15) is 11.3 Å². The van der Waals surface area contributed by atoms with Crippen LogP contribution in [0.25, 0.3) is 40.0 Å². The summed E-state index contributed by atoms with van der Waals surface area (Å²) in [5, 5.41) is 1.34. The molecule has 5 aromatic rings. The van der Waals surface area contributed by atoms with Crippen molar-refractivity contribution in [3.8, 4) is 11.7 Å². The lowest BCUT2D eigenvalue weighted by molar-refractivity contribution is 0.0990. The zero-order chi connectivity index (χ0) is 21.3. The Labute approximate surface area is 183 Å². The summed E-state index contributed by atoms with van der Waals surface area (Å²) in [4.78, 5) is 29.7. The highest BCUT2D eigenvalue weighted by molar-refractivity contribution is 6.46. The monoisotopic (exact) mass is 449 g/mol. The van der Waals surface area contributed by atoms with Crippen LogP contribution in [0.3, 0.4) is 0 Å². The predicted molar refractivity (Wildman–Crippen MR) is 115 cm³/mol. The number of rotatable bonds is 2. The molecule has 0 spiro atoms. The molecule has 0 unspecified atom stereocenters. The van der Waals surface area contributed by atoms with E-state index in [1.54, 1.807) is 6.07 Å². The van der Waals surface area contributed by atoms with Crippen LogP contribution in [0.2, 0.25) is 10.0 Å². The highest BCUT2D eigenvalue weighted by Gasteiger charge is 2.34. The lowest BCUT2D eigenvalue weighted by Gasteiger charge is -1.98. The van der Waals surface area contributed by atoms with E-state index in [0.29, 0.717) is 11.3 Å². The Kier molecular flexibility index (Phi) is 3.78. The van der Waals surface area contributed by atoms with Crippen LogP contribution in [0.5, 0.6) is 0 Å². The average Bonchev–Trinajstić information content (AvgIpc) is 3.48. The van der Waals surface area contributed by atoms with Crippen molar-refractivity contribution < 1.29 is 22.8 Å². The van der Waals surface area contributed by atoms with Gasteiger partial charge in [-0.3, -0.25) is 9.59 Å². The molecule has 150 valence electrons. The van der Waals surface area contributed by atoms with Gasteiger partial charge in [0.15, 0.2) is 22.9 Å². The number of hydrogen-bond acceptors (Lipinski definition) is 6. The van der Waals surface area contributed by atoms with Crippen molar-refractivity contribution in [1.29, 1.82) is 0 Å². The molecule has 0 bridgehead atoms. The van der Waals surface area contributed by atoms with Gasteiger partial charge >= 0.3 is 0 Å². The van der Waals surface area contributed by atoms with E-state index in [-0.39, 0.29) is 44.1 Å². The number of allylic oxidation sites excluding steroid dienone is 1. The highest BCUT2D eigenvalue weighted by atomic mass is 35.5. The van der Waals surface area contributed by atoms with E-state index >= 15 is 0 Å². The summed E-state index contributed by atoms with van der Waals surface area (Å²) in [6.45, 7) is 0. The number of furan rings is 2. The van der Waals surface area contributed by atoms with Gasteiger partial charge in [-0.25, -0.2) is 0 Å². The van der Waals surface area contributed by atoms with Crippen molar-refractivity contribution in [2.45, 2.75) is 0 Å². The molecule has 0 saturated carbocycles. The van der Waals surface area contributed by atoms with Crippen molar-refractivity contribution in [3.05, 3.63) is 81.0 Å². The summed E-state index contributed by atoms with van der Waals surface area (Å²) in [5.74, 6) is 0.121. The van der Waals surface area contributed by atoms with Gasteiger partial charge in [0.05, 0.1) is 15.6 Å². The average molecular weight is 450 g/mol. The fraction of sp³-hybridized carbons (Fsp3) is 0. The van der Waals surface area contributed by atoms with Gasteiger partial charge in [0.2, 0.25) is 0 Å². The number of fused-ring (bicyclic) bond motifs is 3. The van der Waals surface area contributed by atoms with Crippen LogP contribution in [0, 0.1) is 0 Å². The number of halogens is 2. The lowest BCUT2D eigenvalue weighted by Crippen LogP contribution is -1.99. The second-order valence-electron chi connectivity index (χ2n) is 7.01. The van der Waals surface area contributed by atoms with E-state index in [9.17, 15) is 9.59 Å². The molecule has 3 aromatic heterocycles. The Bertz CT molecular complexity index is 1490. The maximum absolute atomic E-state index is 12.7. The minimum atomic E-state index is -0.442.